The van der Waals surface area contributed by atoms with Crippen LogP contribution in [0.4, 0.5) is 4.39 Å². The highest BCUT2D eigenvalue weighted by atomic mass is 19.1. The SMILES string of the molecule is Cc1noc(C)c1CN[C@H](C)c1ccc(F)cc1. The van der Waals surface area contributed by atoms with Crippen molar-refractivity contribution in [3.63, 3.8) is 0 Å². The van der Waals surface area contributed by atoms with Crippen molar-refractivity contribution in [1.29, 1.82) is 0 Å². The summed E-state index contributed by atoms with van der Waals surface area (Å²) in [5.41, 5.74) is 3.05. The zero-order chi connectivity index (χ0) is 13.1. The highest BCUT2D eigenvalue weighted by molar-refractivity contribution is 5.22. The van der Waals surface area contributed by atoms with Gasteiger partial charge < -0.3 is 9.84 Å². The van der Waals surface area contributed by atoms with E-state index < -0.39 is 0 Å². The van der Waals surface area contributed by atoms with Gasteiger partial charge in [-0.05, 0) is 38.5 Å². The van der Waals surface area contributed by atoms with Gasteiger partial charge in [0.2, 0.25) is 0 Å². The lowest BCUT2D eigenvalue weighted by atomic mass is 10.1. The van der Waals surface area contributed by atoms with Crippen LogP contribution in [0.1, 0.15) is 35.5 Å². The van der Waals surface area contributed by atoms with E-state index in [0.717, 1.165) is 22.6 Å². The maximum absolute atomic E-state index is 12.8. The van der Waals surface area contributed by atoms with E-state index in [1.807, 2.05) is 20.8 Å². The zero-order valence-corrected chi connectivity index (χ0v) is 10.8. The Bertz CT molecular complexity index is 500. The highest BCUT2D eigenvalue weighted by Gasteiger charge is 2.11. The predicted molar refractivity (Wildman–Crippen MR) is 67.6 cm³/mol. The van der Waals surface area contributed by atoms with Gasteiger partial charge in [-0.1, -0.05) is 17.3 Å². The molecule has 3 nitrogen and oxygen atoms in total. The quantitative estimate of drug-likeness (QED) is 0.902. The lowest BCUT2D eigenvalue weighted by Crippen LogP contribution is -2.18. The Morgan fingerprint density at radius 1 is 1.28 bits per heavy atom. The van der Waals surface area contributed by atoms with Crippen LogP contribution in [0.2, 0.25) is 0 Å². The molecular weight excluding hydrogens is 231 g/mol. The molecule has 0 aliphatic rings. The van der Waals surface area contributed by atoms with Gasteiger partial charge in [-0.25, -0.2) is 4.39 Å². The maximum Gasteiger partial charge on any atom is 0.138 e. The molecule has 0 aliphatic carbocycles. The smallest absolute Gasteiger partial charge is 0.138 e. The van der Waals surface area contributed by atoms with Crippen LogP contribution < -0.4 is 5.32 Å². The van der Waals surface area contributed by atoms with E-state index in [4.69, 9.17) is 4.52 Å². The normalized spacial score (nSPS) is 12.7. The minimum atomic E-state index is -0.211. The summed E-state index contributed by atoms with van der Waals surface area (Å²) in [6.07, 6.45) is 0. The lowest BCUT2D eigenvalue weighted by Gasteiger charge is -2.14. The van der Waals surface area contributed by atoms with Crippen LogP contribution >= 0.6 is 0 Å². The van der Waals surface area contributed by atoms with Crippen molar-refractivity contribution in [3.05, 3.63) is 52.7 Å². The molecule has 0 aliphatic heterocycles. The molecule has 0 radical (unpaired) electrons. The van der Waals surface area contributed by atoms with Crippen molar-refractivity contribution >= 4 is 0 Å². The van der Waals surface area contributed by atoms with Gasteiger partial charge in [-0.2, -0.15) is 0 Å². The lowest BCUT2D eigenvalue weighted by molar-refractivity contribution is 0.391. The Morgan fingerprint density at radius 2 is 1.94 bits per heavy atom. The topological polar surface area (TPSA) is 38.1 Å². The summed E-state index contributed by atoms with van der Waals surface area (Å²) in [6, 6.07) is 6.69. The minimum Gasteiger partial charge on any atom is -0.361 e. The van der Waals surface area contributed by atoms with Crippen molar-refractivity contribution in [2.75, 3.05) is 0 Å². The fourth-order valence-corrected chi connectivity index (χ4v) is 1.88. The third kappa shape index (κ3) is 2.76. The highest BCUT2D eigenvalue weighted by Crippen LogP contribution is 2.16. The van der Waals surface area contributed by atoms with Crippen LogP contribution in [0.25, 0.3) is 0 Å². The summed E-state index contributed by atoms with van der Waals surface area (Å²) in [4.78, 5) is 0. The van der Waals surface area contributed by atoms with Gasteiger partial charge in [0.1, 0.15) is 11.6 Å². The van der Waals surface area contributed by atoms with E-state index in [1.165, 1.54) is 12.1 Å². The zero-order valence-electron chi connectivity index (χ0n) is 10.8. The number of nitrogens with one attached hydrogen (secondary N) is 1. The molecular formula is C14H17FN2O. The summed E-state index contributed by atoms with van der Waals surface area (Å²) in [5, 5.41) is 7.29. The molecule has 1 heterocycles. The molecule has 0 saturated heterocycles. The number of hydrogen-bond acceptors (Lipinski definition) is 3. The monoisotopic (exact) mass is 248 g/mol. The first kappa shape index (κ1) is 12.8. The van der Waals surface area contributed by atoms with Crippen molar-refractivity contribution in [1.82, 2.24) is 10.5 Å². The molecule has 96 valence electrons. The third-order valence-corrected chi connectivity index (χ3v) is 3.14. The number of aromatic nitrogens is 1. The molecule has 18 heavy (non-hydrogen) atoms. The van der Waals surface area contributed by atoms with Crippen molar-refractivity contribution in [2.45, 2.75) is 33.4 Å². The summed E-state index contributed by atoms with van der Waals surface area (Å²) in [7, 11) is 0. The Morgan fingerprint density at radius 3 is 2.50 bits per heavy atom. The Kier molecular flexibility index (Phi) is 3.77. The van der Waals surface area contributed by atoms with Crippen LogP contribution in [-0.2, 0) is 6.54 Å². The van der Waals surface area contributed by atoms with E-state index in [-0.39, 0.29) is 11.9 Å². The molecule has 1 aromatic carbocycles. The van der Waals surface area contributed by atoms with Crippen molar-refractivity contribution < 1.29 is 8.91 Å². The number of halogens is 1. The number of benzene rings is 1. The van der Waals surface area contributed by atoms with E-state index >= 15 is 0 Å². The molecule has 2 aromatic rings. The van der Waals surface area contributed by atoms with E-state index in [1.54, 1.807) is 12.1 Å². The average molecular weight is 248 g/mol. The fourth-order valence-electron chi connectivity index (χ4n) is 1.88. The van der Waals surface area contributed by atoms with E-state index in [2.05, 4.69) is 10.5 Å². The Hall–Kier alpha value is -1.68. The molecule has 0 bridgehead atoms. The van der Waals surface area contributed by atoms with Crippen LogP contribution in [0.15, 0.2) is 28.8 Å². The summed E-state index contributed by atoms with van der Waals surface area (Å²) < 4.78 is 17.9. The summed E-state index contributed by atoms with van der Waals surface area (Å²) >= 11 is 0. The average Bonchev–Trinajstić information content (AvgIpc) is 2.67. The fraction of sp³-hybridized carbons (Fsp3) is 0.357. The van der Waals surface area contributed by atoms with Gasteiger partial charge in [0, 0.05) is 18.2 Å². The molecule has 0 spiro atoms. The van der Waals surface area contributed by atoms with Gasteiger partial charge >= 0.3 is 0 Å². The van der Waals surface area contributed by atoms with E-state index in [9.17, 15) is 4.39 Å². The van der Waals surface area contributed by atoms with Gasteiger partial charge in [-0.15, -0.1) is 0 Å². The number of hydrogen-bond donors (Lipinski definition) is 1. The van der Waals surface area contributed by atoms with Crippen LogP contribution in [0, 0.1) is 19.7 Å². The Labute approximate surface area is 106 Å². The van der Waals surface area contributed by atoms with E-state index in [0.29, 0.717) is 6.54 Å². The third-order valence-electron chi connectivity index (χ3n) is 3.14. The Balaban J connectivity index is 2.00. The molecule has 0 saturated carbocycles. The largest absolute Gasteiger partial charge is 0.361 e. The standard InChI is InChI=1S/C14H17FN2O/c1-9(12-4-6-13(15)7-5-12)16-8-14-10(2)17-18-11(14)3/h4-7,9,16H,8H2,1-3H3/t9-/m1/s1. The van der Waals surface area contributed by atoms with Gasteiger partial charge in [-0.3, -0.25) is 0 Å². The first-order valence-corrected chi connectivity index (χ1v) is 5.98. The number of rotatable bonds is 4. The second-order valence-corrected chi connectivity index (χ2v) is 4.46. The predicted octanol–water partition coefficient (Wildman–Crippen LogP) is 3.28. The molecule has 1 atom stereocenters. The number of aryl methyl sites for hydroxylation is 2. The second-order valence-electron chi connectivity index (χ2n) is 4.46. The van der Waals surface area contributed by atoms with Crippen molar-refractivity contribution in [2.24, 2.45) is 0 Å². The van der Waals surface area contributed by atoms with Gasteiger partial charge in [0.25, 0.3) is 0 Å². The van der Waals surface area contributed by atoms with Crippen LogP contribution in [-0.4, -0.2) is 5.16 Å². The van der Waals surface area contributed by atoms with Crippen molar-refractivity contribution in [3.8, 4) is 0 Å². The molecule has 1 aromatic heterocycles. The summed E-state index contributed by atoms with van der Waals surface area (Å²) in [6.45, 7) is 6.57. The molecule has 0 amide bonds. The first-order valence-electron chi connectivity index (χ1n) is 5.98. The maximum atomic E-state index is 12.8. The minimum absolute atomic E-state index is 0.152. The number of nitrogens with zero attached hydrogens (tertiary/aromatic N) is 1. The molecule has 4 heteroatoms. The van der Waals surface area contributed by atoms with Crippen LogP contribution in [0.3, 0.4) is 0 Å². The second kappa shape index (κ2) is 5.31. The van der Waals surface area contributed by atoms with Crippen LogP contribution in [0.5, 0.6) is 0 Å². The van der Waals surface area contributed by atoms with Gasteiger partial charge in [0.05, 0.1) is 5.69 Å². The molecule has 2 rings (SSSR count). The van der Waals surface area contributed by atoms with Gasteiger partial charge in [0.15, 0.2) is 0 Å². The molecule has 1 N–H and O–H groups in total. The summed E-state index contributed by atoms with van der Waals surface area (Å²) in [5.74, 6) is 0.628. The first-order chi connectivity index (χ1) is 8.58. The molecule has 0 unspecified atom stereocenters. The molecule has 0 fully saturated rings.